The fourth-order valence-corrected chi connectivity index (χ4v) is 2.75. The van der Waals surface area contributed by atoms with Crippen LogP contribution in [0.25, 0.3) is 0 Å². The third-order valence-corrected chi connectivity index (χ3v) is 4.59. The first kappa shape index (κ1) is 17.5. The van der Waals surface area contributed by atoms with E-state index in [1.807, 2.05) is 32.0 Å². The van der Waals surface area contributed by atoms with Crippen LogP contribution in [0.3, 0.4) is 0 Å². The van der Waals surface area contributed by atoms with Gasteiger partial charge in [0.2, 0.25) is 10.0 Å². The third kappa shape index (κ3) is 4.31. The second kappa shape index (κ2) is 6.70. The molecule has 2 aromatic rings. The first-order chi connectivity index (χ1) is 10.7. The number of primary sulfonamides is 1. The lowest BCUT2D eigenvalue weighted by Gasteiger charge is -2.10. The van der Waals surface area contributed by atoms with Gasteiger partial charge in [-0.2, -0.15) is 0 Å². The summed E-state index contributed by atoms with van der Waals surface area (Å²) in [6.45, 7) is 3.93. The van der Waals surface area contributed by atoms with Crippen LogP contribution in [0.5, 0.6) is 0 Å². The number of nitrogens with two attached hydrogens (primary N) is 1. The second-order valence-corrected chi connectivity index (χ2v) is 7.16. The average Bonchev–Trinajstić information content (AvgIpc) is 2.47. The number of halogens is 1. The molecule has 2 aromatic carbocycles. The van der Waals surface area contributed by atoms with Crippen molar-refractivity contribution in [2.45, 2.75) is 25.3 Å². The fraction of sp³-hybridized carbons (Fsp3) is 0.188. The highest BCUT2D eigenvalue weighted by Crippen LogP contribution is 2.21. The van der Waals surface area contributed by atoms with Gasteiger partial charge >= 0.3 is 5.97 Å². The van der Waals surface area contributed by atoms with E-state index in [-0.39, 0.29) is 22.1 Å². The topological polar surface area (TPSA) is 86.5 Å². The highest BCUT2D eigenvalue weighted by Gasteiger charge is 2.17. The van der Waals surface area contributed by atoms with E-state index in [1.165, 1.54) is 12.1 Å². The van der Waals surface area contributed by atoms with Crippen molar-refractivity contribution in [3.8, 4) is 0 Å². The van der Waals surface area contributed by atoms with Crippen LogP contribution in [-0.2, 0) is 21.4 Å². The average molecular weight is 354 g/mol. The number of ether oxygens (including phenoxy) is 1. The van der Waals surface area contributed by atoms with E-state index < -0.39 is 16.0 Å². The standard InChI is InChI=1S/C16H16ClNO4S/c1-10-3-4-11(2)12(7-10)9-22-16(19)14-8-13(23(18,20)21)5-6-15(14)17/h3-8H,9H2,1-2H3,(H2,18,20,21). The lowest BCUT2D eigenvalue weighted by atomic mass is 10.1. The number of carbonyl (C=O) groups excluding carboxylic acids is 1. The second-order valence-electron chi connectivity index (χ2n) is 5.19. The molecule has 122 valence electrons. The zero-order valence-electron chi connectivity index (χ0n) is 12.7. The first-order valence-electron chi connectivity index (χ1n) is 6.74. The van der Waals surface area contributed by atoms with Gasteiger partial charge in [0.05, 0.1) is 15.5 Å². The Bertz CT molecular complexity index is 862. The Kier molecular flexibility index (Phi) is 5.09. The fourth-order valence-electron chi connectivity index (χ4n) is 2.01. The summed E-state index contributed by atoms with van der Waals surface area (Å²) in [5.74, 6) is -0.707. The van der Waals surface area contributed by atoms with Gasteiger partial charge in [0.25, 0.3) is 0 Å². The maximum atomic E-state index is 12.2. The molecule has 7 heteroatoms. The molecule has 0 amide bonds. The lowest BCUT2D eigenvalue weighted by molar-refractivity contribution is 0.0472. The Morgan fingerprint density at radius 1 is 1.17 bits per heavy atom. The predicted octanol–water partition coefficient (Wildman–Crippen LogP) is 2.96. The van der Waals surface area contributed by atoms with Gasteiger partial charge in [-0.1, -0.05) is 35.4 Å². The molecule has 0 saturated heterocycles. The molecule has 0 spiro atoms. The molecule has 0 bridgehead atoms. The number of hydrogen-bond acceptors (Lipinski definition) is 4. The minimum absolute atomic E-state index is 0.0384. The maximum absolute atomic E-state index is 12.2. The number of carbonyl (C=O) groups is 1. The number of hydrogen-bond donors (Lipinski definition) is 1. The third-order valence-electron chi connectivity index (χ3n) is 3.35. The van der Waals surface area contributed by atoms with Crippen LogP contribution >= 0.6 is 11.6 Å². The summed E-state index contributed by atoms with van der Waals surface area (Å²) in [4.78, 5) is 12.0. The molecule has 0 unspecified atom stereocenters. The van der Waals surface area contributed by atoms with Gasteiger partial charge < -0.3 is 4.74 Å². The van der Waals surface area contributed by atoms with Crippen molar-refractivity contribution in [1.29, 1.82) is 0 Å². The monoisotopic (exact) mass is 353 g/mol. The molecule has 0 aliphatic rings. The van der Waals surface area contributed by atoms with Crippen LogP contribution in [0, 0.1) is 13.8 Å². The number of esters is 1. The first-order valence-corrected chi connectivity index (χ1v) is 8.66. The molecule has 2 N–H and O–H groups in total. The molecule has 2 rings (SSSR count). The number of aryl methyl sites for hydroxylation is 2. The molecule has 0 aliphatic heterocycles. The Labute approximate surface area is 140 Å². The van der Waals surface area contributed by atoms with E-state index in [0.29, 0.717) is 0 Å². The van der Waals surface area contributed by atoms with Crippen LogP contribution in [0.1, 0.15) is 27.0 Å². The minimum atomic E-state index is -3.92. The highest BCUT2D eigenvalue weighted by molar-refractivity contribution is 7.89. The molecular weight excluding hydrogens is 338 g/mol. The van der Waals surface area contributed by atoms with Crippen LogP contribution in [0.15, 0.2) is 41.3 Å². The van der Waals surface area contributed by atoms with E-state index in [4.69, 9.17) is 21.5 Å². The van der Waals surface area contributed by atoms with Gasteiger partial charge in [-0.15, -0.1) is 0 Å². The van der Waals surface area contributed by atoms with Crippen molar-refractivity contribution in [1.82, 2.24) is 0 Å². The van der Waals surface area contributed by atoms with Gasteiger partial charge in [0.1, 0.15) is 6.61 Å². The smallest absolute Gasteiger partial charge is 0.340 e. The van der Waals surface area contributed by atoms with Crippen molar-refractivity contribution in [3.05, 3.63) is 63.7 Å². The van der Waals surface area contributed by atoms with Gasteiger partial charge in [0, 0.05) is 0 Å². The zero-order chi connectivity index (χ0) is 17.2. The van der Waals surface area contributed by atoms with Crippen molar-refractivity contribution in [3.63, 3.8) is 0 Å². The Hall–Kier alpha value is -1.89. The number of rotatable bonds is 4. The molecule has 0 saturated carbocycles. The SMILES string of the molecule is Cc1ccc(C)c(COC(=O)c2cc(S(N)(=O)=O)ccc2Cl)c1. The lowest BCUT2D eigenvalue weighted by Crippen LogP contribution is -2.14. The molecule has 0 aliphatic carbocycles. The van der Waals surface area contributed by atoms with E-state index in [2.05, 4.69) is 0 Å². The zero-order valence-corrected chi connectivity index (χ0v) is 14.2. The Morgan fingerprint density at radius 2 is 1.87 bits per heavy atom. The van der Waals surface area contributed by atoms with Crippen molar-refractivity contribution >= 4 is 27.6 Å². The summed E-state index contributed by atoms with van der Waals surface area (Å²) in [6.07, 6.45) is 0. The molecule has 23 heavy (non-hydrogen) atoms. The van der Waals surface area contributed by atoms with E-state index in [1.54, 1.807) is 0 Å². The van der Waals surface area contributed by atoms with Gasteiger partial charge in [-0.05, 0) is 43.2 Å². The highest BCUT2D eigenvalue weighted by atomic mass is 35.5. The van der Waals surface area contributed by atoms with Crippen LogP contribution < -0.4 is 5.14 Å². The number of benzene rings is 2. The van der Waals surface area contributed by atoms with Gasteiger partial charge in [0.15, 0.2) is 0 Å². The molecule has 0 heterocycles. The van der Waals surface area contributed by atoms with E-state index in [9.17, 15) is 13.2 Å². The van der Waals surface area contributed by atoms with Gasteiger partial charge in [-0.25, -0.2) is 18.4 Å². The summed E-state index contributed by atoms with van der Waals surface area (Å²) in [6, 6.07) is 9.48. The summed E-state index contributed by atoms with van der Waals surface area (Å²) < 4.78 is 28.0. The van der Waals surface area contributed by atoms with Crippen LogP contribution in [0.4, 0.5) is 0 Å². The quantitative estimate of drug-likeness (QED) is 0.856. The Morgan fingerprint density at radius 3 is 2.52 bits per heavy atom. The molecule has 5 nitrogen and oxygen atoms in total. The van der Waals surface area contributed by atoms with E-state index in [0.717, 1.165) is 22.8 Å². The summed E-state index contributed by atoms with van der Waals surface area (Å²) in [5, 5.41) is 5.15. The van der Waals surface area contributed by atoms with Crippen molar-refractivity contribution < 1.29 is 17.9 Å². The van der Waals surface area contributed by atoms with E-state index >= 15 is 0 Å². The summed E-state index contributed by atoms with van der Waals surface area (Å²) >= 11 is 5.94. The molecule has 0 aromatic heterocycles. The van der Waals surface area contributed by atoms with Crippen LogP contribution in [-0.4, -0.2) is 14.4 Å². The minimum Gasteiger partial charge on any atom is -0.457 e. The van der Waals surface area contributed by atoms with Crippen LogP contribution in [0.2, 0.25) is 5.02 Å². The predicted molar refractivity (Wildman–Crippen MR) is 87.9 cm³/mol. The molecular formula is C16H16ClNO4S. The maximum Gasteiger partial charge on any atom is 0.340 e. The van der Waals surface area contributed by atoms with Gasteiger partial charge in [-0.3, -0.25) is 0 Å². The van der Waals surface area contributed by atoms with Crippen molar-refractivity contribution in [2.75, 3.05) is 0 Å². The summed E-state index contributed by atoms with van der Waals surface area (Å²) in [5.41, 5.74) is 2.88. The summed E-state index contributed by atoms with van der Waals surface area (Å²) in [7, 11) is -3.92. The van der Waals surface area contributed by atoms with Crippen molar-refractivity contribution in [2.24, 2.45) is 5.14 Å². The normalized spacial score (nSPS) is 11.3. The molecule has 0 fully saturated rings. The molecule has 0 radical (unpaired) electrons. The Balaban J connectivity index is 2.22. The largest absolute Gasteiger partial charge is 0.457 e. The number of sulfonamides is 1. The molecule has 0 atom stereocenters.